The molecule has 0 bridgehead atoms. The van der Waals surface area contributed by atoms with Crippen LogP contribution >= 0.6 is 0 Å². The highest BCUT2D eigenvalue weighted by Gasteiger charge is 2.32. The van der Waals surface area contributed by atoms with Crippen LogP contribution in [-0.2, 0) is 16.0 Å². The third-order valence-electron chi connectivity index (χ3n) is 4.59. The van der Waals surface area contributed by atoms with Crippen molar-refractivity contribution in [1.82, 2.24) is 10.2 Å². The zero-order valence-corrected chi connectivity index (χ0v) is 14.7. The molecule has 134 valence electrons. The number of ether oxygens (including phenoxy) is 3. The smallest absolute Gasteiger partial charge is 0.119 e. The molecule has 5 heteroatoms. The maximum Gasteiger partial charge on any atom is 0.119 e. The van der Waals surface area contributed by atoms with Crippen molar-refractivity contribution in [3.05, 3.63) is 29.8 Å². The molecule has 3 rings (SSSR count). The minimum Gasteiger partial charge on any atom is -0.493 e. The fourth-order valence-electron chi connectivity index (χ4n) is 3.15. The van der Waals surface area contributed by atoms with Gasteiger partial charge in [-0.2, -0.15) is 0 Å². The first-order valence-corrected chi connectivity index (χ1v) is 9.12. The Bertz CT molecular complexity index is 493. The number of hydrogen-bond acceptors (Lipinski definition) is 5. The Morgan fingerprint density at radius 1 is 1.29 bits per heavy atom. The summed E-state index contributed by atoms with van der Waals surface area (Å²) in [6.07, 6.45) is 3.97. The highest BCUT2D eigenvalue weighted by atomic mass is 16.5. The van der Waals surface area contributed by atoms with E-state index in [0.717, 1.165) is 57.6 Å². The first-order chi connectivity index (χ1) is 11.8. The van der Waals surface area contributed by atoms with Crippen LogP contribution in [0, 0.1) is 0 Å². The van der Waals surface area contributed by atoms with Crippen molar-refractivity contribution in [2.75, 3.05) is 46.6 Å². The Kier molecular flexibility index (Phi) is 6.90. The zero-order valence-electron chi connectivity index (χ0n) is 14.7. The predicted octanol–water partition coefficient (Wildman–Crippen LogP) is 2.05. The third kappa shape index (κ3) is 5.74. The van der Waals surface area contributed by atoms with E-state index in [4.69, 9.17) is 14.2 Å². The molecule has 1 aromatic rings. The molecule has 5 nitrogen and oxygen atoms in total. The van der Waals surface area contributed by atoms with E-state index in [0.29, 0.717) is 12.7 Å². The lowest BCUT2D eigenvalue weighted by atomic mass is 10.2. The van der Waals surface area contributed by atoms with Crippen molar-refractivity contribution in [3.63, 3.8) is 0 Å². The van der Waals surface area contributed by atoms with Crippen molar-refractivity contribution in [1.29, 1.82) is 0 Å². The zero-order chi connectivity index (χ0) is 16.6. The van der Waals surface area contributed by atoms with Gasteiger partial charge in [0.05, 0.1) is 19.3 Å². The van der Waals surface area contributed by atoms with E-state index in [9.17, 15) is 0 Å². The molecule has 1 atom stereocenters. The van der Waals surface area contributed by atoms with Crippen LogP contribution in [0.5, 0.6) is 5.75 Å². The van der Waals surface area contributed by atoms with Gasteiger partial charge in [-0.3, -0.25) is 4.90 Å². The van der Waals surface area contributed by atoms with Crippen molar-refractivity contribution in [3.8, 4) is 5.75 Å². The number of nitrogens with one attached hydrogen (secondary N) is 1. The molecule has 2 fully saturated rings. The highest BCUT2D eigenvalue weighted by Crippen LogP contribution is 2.28. The van der Waals surface area contributed by atoms with E-state index in [-0.39, 0.29) is 0 Å². The van der Waals surface area contributed by atoms with Crippen molar-refractivity contribution >= 4 is 0 Å². The van der Waals surface area contributed by atoms with E-state index in [2.05, 4.69) is 28.4 Å². The fraction of sp³-hybridized carbons (Fsp3) is 0.684. The monoisotopic (exact) mass is 334 g/mol. The lowest BCUT2D eigenvalue weighted by molar-refractivity contribution is -0.0301. The summed E-state index contributed by atoms with van der Waals surface area (Å²) in [5, 5.41) is 3.53. The second-order valence-corrected chi connectivity index (χ2v) is 6.69. The Morgan fingerprint density at radius 3 is 3.04 bits per heavy atom. The van der Waals surface area contributed by atoms with Gasteiger partial charge in [0.25, 0.3) is 0 Å². The molecule has 1 N–H and O–H groups in total. The normalized spacial score (nSPS) is 21.8. The lowest BCUT2D eigenvalue weighted by Gasteiger charge is -2.33. The average Bonchev–Trinajstić information content (AvgIpc) is 3.45. The van der Waals surface area contributed by atoms with Gasteiger partial charge in [0.2, 0.25) is 0 Å². The molecule has 1 saturated carbocycles. The molecule has 0 radical (unpaired) electrons. The van der Waals surface area contributed by atoms with E-state index in [1.807, 2.05) is 6.07 Å². The van der Waals surface area contributed by atoms with Gasteiger partial charge in [0, 0.05) is 52.4 Å². The second kappa shape index (κ2) is 9.37. The molecule has 1 saturated heterocycles. The maximum absolute atomic E-state index is 5.88. The molecule has 1 unspecified atom stereocenters. The molecule has 1 heterocycles. The van der Waals surface area contributed by atoms with Gasteiger partial charge in [0.1, 0.15) is 5.75 Å². The topological polar surface area (TPSA) is 43.0 Å². The molecule has 24 heavy (non-hydrogen) atoms. The summed E-state index contributed by atoms with van der Waals surface area (Å²) in [5.74, 6) is 0.930. The summed E-state index contributed by atoms with van der Waals surface area (Å²) in [4.78, 5) is 2.59. The Morgan fingerprint density at radius 2 is 2.21 bits per heavy atom. The Labute approximate surface area is 145 Å². The van der Waals surface area contributed by atoms with Crippen LogP contribution in [0.4, 0.5) is 0 Å². The number of methoxy groups -OCH3 is 1. The highest BCUT2D eigenvalue weighted by molar-refractivity contribution is 5.28. The summed E-state index contributed by atoms with van der Waals surface area (Å²) in [5.41, 5.74) is 1.24. The average molecular weight is 334 g/mol. The largest absolute Gasteiger partial charge is 0.493 e. The third-order valence-corrected chi connectivity index (χ3v) is 4.59. The minimum absolute atomic E-state index is 0.313. The summed E-state index contributed by atoms with van der Waals surface area (Å²) in [6.45, 7) is 6.22. The molecular formula is C19H30N2O3. The summed E-state index contributed by atoms with van der Waals surface area (Å²) < 4.78 is 16.7. The molecule has 1 aliphatic carbocycles. The summed E-state index contributed by atoms with van der Waals surface area (Å²) in [6, 6.07) is 9.14. The maximum atomic E-state index is 5.88. The minimum atomic E-state index is 0.313. The molecule has 0 spiro atoms. The van der Waals surface area contributed by atoms with Crippen LogP contribution in [0.15, 0.2) is 24.3 Å². The standard InChI is InChI=1S/C19H30N2O3/c1-22-9-3-10-23-18-5-2-4-16(12-18)13-20-14-19-15-21(8-11-24-19)17-6-7-17/h2,4-5,12,17,19-20H,3,6-11,13-15H2,1H3. The summed E-state index contributed by atoms with van der Waals surface area (Å²) >= 11 is 0. The van der Waals surface area contributed by atoms with Crippen LogP contribution in [0.3, 0.4) is 0 Å². The second-order valence-electron chi connectivity index (χ2n) is 6.69. The van der Waals surface area contributed by atoms with Gasteiger partial charge in [-0.25, -0.2) is 0 Å². The SMILES string of the molecule is COCCCOc1cccc(CNCC2CN(C3CC3)CCO2)c1. The molecule has 0 amide bonds. The predicted molar refractivity (Wildman–Crippen MR) is 94.5 cm³/mol. The molecule has 0 aromatic heterocycles. The van der Waals surface area contributed by atoms with Crippen LogP contribution in [-0.4, -0.2) is 63.6 Å². The fourth-order valence-corrected chi connectivity index (χ4v) is 3.15. The number of morpholine rings is 1. The number of hydrogen-bond donors (Lipinski definition) is 1. The van der Waals surface area contributed by atoms with E-state index < -0.39 is 0 Å². The van der Waals surface area contributed by atoms with E-state index in [1.54, 1.807) is 7.11 Å². The lowest BCUT2D eigenvalue weighted by Crippen LogP contribution is -2.47. The van der Waals surface area contributed by atoms with E-state index in [1.165, 1.54) is 18.4 Å². The Hall–Kier alpha value is -1.14. The number of nitrogens with zero attached hydrogens (tertiary/aromatic N) is 1. The van der Waals surface area contributed by atoms with Crippen molar-refractivity contribution in [2.45, 2.75) is 38.0 Å². The molecule has 2 aliphatic rings. The van der Waals surface area contributed by atoms with Crippen molar-refractivity contribution in [2.24, 2.45) is 0 Å². The van der Waals surface area contributed by atoms with Gasteiger partial charge < -0.3 is 19.5 Å². The summed E-state index contributed by atoms with van der Waals surface area (Å²) in [7, 11) is 1.71. The van der Waals surface area contributed by atoms with Crippen LogP contribution in [0.25, 0.3) is 0 Å². The van der Waals surface area contributed by atoms with Crippen LogP contribution < -0.4 is 10.1 Å². The van der Waals surface area contributed by atoms with Gasteiger partial charge in [-0.15, -0.1) is 0 Å². The first-order valence-electron chi connectivity index (χ1n) is 9.12. The quantitative estimate of drug-likeness (QED) is 0.664. The van der Waals surface area contributed by atoms with Gasteiger partial charge in [0.15, 0.2) is 0 Å². The van der Waals surface area contributed by atoms with Gasteiger partial charge in [-0.1, -0.05) is 12.1 Å². The first kappa shape index (κ1) is 17.7. The van der Waals surface area contributed by atoms with Gasteiger partial charge in [-0.05, 0) is 30.5 Å². The number of benzene rings is 1. The van der Waals surface area contributed by atoms with Crippen molar-refractivity contribution < 1.29 is 14.2 Å². The molecular weight excluding hydrogens is 304 g/mol. The molecule has 1 aliphatic heterocycles. The number of rotatable bonds is 10. The van der Waals surface area contributed by atoms with Crippen LogP contribution in [0.2, 0.25) is 0 Å². The Balaban J connectivity index is 1.36. The van der Waals surface area contributed by atoms with Gasteiger partial charge >= 0.3 is 0 Å². The molecule has 1 aromatic carbocycles. The van der Waals surface area contributed by atoms with E-state index >= 15 is 0 Å². The van der Waals surface area contributed by atoms with Crippen LogP contribution in [0.1, 0.15) is 24.8 Å².